The number of nitrogens with one attached hydrogen (secondary N) is 2. The molecule has 0 unspecified atom stereocenters. The predicted octanol–water partition coefficient (Wildman–Crippen LogP) is 3.06. The first kappa shape index (κ1) is 33.2. The molecule has 1 aromatic heterocycles. The Hall–Kier alpha value is -3.35. The number of nitrogens with zero attached hydrogens (tertiary/aromatic N) is 2. The molecule has 2 heterocycles. The van der Waals surface area contributed by atoms with Gasteiger partial charge < -0.3 is 30.5 Å². The Balaban J connectivity index is 1.62. The van der Waals surface area contributed by atoms with E-state index in [0.29, 0.717) is 12.8 Å². The Morgan fingerprint density at radius 3 is 2.43 bits per heavy atom. The van der Waals surface area contributed by atoms with Crippen LogP contribution in [0.5, 0.6) is 0 Å². The molecule has 0 radical (unpaired) electrons. The summed E-state index contributed by atoms with van der Waals surface area (Å²) >= 11 is 1.57. The molecule has 4 N–H and O–H groups in total. The van der Waals surface area contributed by atoms with Crippen LogP contribution in [-0.4, -0.2) is 81.7 Å². The second kappa shape index (κ2) is 14.7. The van der Waals surface area contributed by atoms with Crippen molar-refractivity contribution in [2.75, 3.05) is 19.8 Å². The second-order valence-electron chi connectivity index (χ2n) is 11.8. The SMILES string of the molecule is Cc1ncsc1-c1ccc([C@H](C)NC(=O)[C@@H]2C[C@@H](O)CN2C(=O)[C@@H](NC(=O)COCCCCC(=O)O)C(C)(C)C)cc1. The highest BCUT2D eigenvalue weighted by atomic mass is 32.1. The number of carboxylic acid groups (broad SMARTS) is 1. The number of rotatable bonds is 13. The van der Waals surface area contributed by atoms with Crippen molar-refractivity contribution in [3.63, 3.8) is 0 Å². The summed E-state index contributed by atoms with van der Waals surface area (Å²) in [7, 11) is 0. The van der Waals surface area contributed by atoms with Crippen LogP contribution in [-0.2, 0) is 23.9 Å². The van der Waals surface area contributed by atoms with E-state index in [9.17, 15) is 24.3 Å². The van der Waals surface area contributed by atoms with Gasteiger partial charge in [-0.05, 0) is 43.2 Å². The van der Waals surface area contributed by atoms with Crippen molar-refractivity contribution >= 4 is 35.0 Å². The molecule has 2 aromatic rings. The second-order valence-corrected chi connectivity index (χ2v) is 12.6. The lowest BCUT2D eigenvalue weighted by Crippen LogP contribution is -2.58. The molecule has 1 aromatic carbocycles. The molecule has 4 atom stereocenters. The first-order valence-corrected chi connectivity index (χ1v) is 15.0. The fraction of sp³-hybridized carbons (Fsp3) is 0.567. The summed E-state index contributed by atoms with van der Waals surface area (Å²) in [6.45, 7) is 9.18. The van der Waals surface area contributed by atoms with Crippen molar-refractivity contribution in [3.05, 3.63) is 41.0 Å². The maximum absolute atomic E-state index is 13.7. The molecule has 0 saturated carbocycles. The van der Waals surface area contributed by atoms with Crippen molar-refractivity contribution in [2.24, 2.45) is 5.41 Å². The highest BCUT2D eigenvalue weighted by molar-refractivity contribution is 7.13. The molecule has 1 aliphatic heterocycles. The number of aliphatic hydroxyl groups is 1. The van der Waals surface area contributed by atoms with Gasteiger partial charge in [-0.25, -0.2) is 4.98 Å². The fourth-order valence-corrected chi connectivity index (χ4v) is 5.67. The maximum Gasteiger partial charge on any atom is 0.303 e. The largest absolute Gasteiger partial charge is 0.481 e. The standard InChI is InChI=1S/C30H42N4O7S/c1-18(20-9-11-21(12-10-20)26-19(2)31-17-42-26)32-28(39)23-14-22(35)15-34(23)29(40)27(30(3,4)5)33-24(36)16-41-13-7-6-8-25(37)38/h9-12,17-18,22-23,27,35H,6-8,13-16H2,1-5H3,(H,32,39)(H,33,36)(H,37,38)/t18-,22+,23-,27+/m0/s1. The van der Waals surface area contributed by atoms with Gasteiger partial charge in [0.1, 0.15) is 18.7 Å². The van der Waals surface area contributed by atoms with Gasteiger partial charge in [0, 0.05) is 26.0 Å². The highest BCUT2D eigenvalue weighted by Crippen LogP contribution is 2.29. The molecular weight excluding hydrogens is 560 g/mol. The number of amides is 3. The van der Waals surface area contributed by atoms with E-state index in [1.54, 1.807) is 16.8 Å². The number of aliphatic carboxylic acids is 1. The smallest absolute Gasteiger partial charge is 0.303 e. The van der Waals surface area contributed by atoms with Crippen LogP contribution < -0.4 is 10.6 Å². The first-order chi connectivity index (χ1) is 19.8. The molecule has 0 spiro atoms. The lowest BCUT2D eigenvalue weighted by molar-refractivity contribution is -0.144. The molecule has 230 valence electrons. The number of carbonyl (C=O) groups excluding carboxylic acids is 3. The van der Waals surface area contributed by atoms with E-state index in [4.69, 9.17) is 9.84 Å². The number of unbranched alkanes of at least 4 members (excludes halogenated alkanes) is 1. The number of hydrogen-bond acceptors (Lipinski definition) is 8. The Morgan fingerprint density at radius 2 is 1.83 bits per heavy atom. The van der Waals surface area contributed by atoms with Crippen molar-refractivity contribution in [1.29, 1.82) is 0 Å². The summed E-state index contributed by atoms with van der Waals surface area (Å²) in [5, 5.41) is 24.9. The molecule has 3 rings (SSSR count). The van der Waals surface area contributed by atoms with Crippen LogP contribution in [0.2, 0.25) is 0 Å². The van der Waals surface area contributed by atoms with Gasteiger partial charge in [0.05, 0.1) is 28.2 Å². The lowest BCUT2D eigenvalue weighted by Gasteiger charge is -2.35. The number of ether oxygens (including phenoxy) is 1. The Kier molecular flexibility index (Phi) is 11.6. The quantitative estimate of drug-likeness (QED) is 0.255. The predicted molar refractivity (Wildman–Crippen MR) is 159 cm³/mol. The van der Waals surface area contributed by atoms with Gasteiger partial charge in [0.15, 0.2) is 0 Å². The summed E-state index contributed by atoms with van der Waals surface area (Å²) in [6, 6.07) is 5.70. The molecule has 12 heteroatoms. The van der Waals surface area contributed by atoms with Gasteiger partial charge in [-0.15, -0.1) is 11.3 Å². The molecule has 1 fully saturated rings. The number of β-amino-alcohol motifs (C(OH)–C–C–N with tert-alkyl or cyclic N) is 1. The number of aromatic nitrogens is 1. The molecule has 0 bridgehead atoms. The van der Waals surface area contributed by atoms with Crippen LogP contribution in [0, 0.1) is 12.3 Å². The fourth-order valence-electron chi connectivity index (χ4n) is 4.86. The topological polar surface area (TPSA) is 158 Å². The number of carbonyl (C=O) groups is 4. The van der Waals surface area contributed by atoms with Gasteiger partial charge in [0.25, 0.3) is 0 Å². The average Bonchev–Trinajstić information content (AvgIpc) is 3.53. The van der Waals surface area contributed by atoms with E-state index < -0.39 is 41.4 Å². The van der Waals surface area contributed by atoms with Crippen LogP contribution >= 0.6 is 11.3 Å². The van der Waals surface area contributed by atoms with E-state index in [1.165, 1.54) is 4.90 Å². The van der Waals surface area contributed by atoms with Crippen molar-refractivity contribution in [1.82, 2.24) is 20.5 Å². The third kappa shape index (κ3) is 9.07. The summed E-state index contributed by atoms with van der Waals surface area (Å²) in [5.41, 5.74) is 4.03. The summed E-state index contributed by atoms with van der Waals surface area (Å²) in [6.07, 6.45) is 0.200. The van der Waals surface area contributed by atoms with E-state index in [0.717, 1.165) is 21.7 Å². The van der Waals surface area contributed by atoms with Crippen molar-refractivity contribution < 1.29 is 34.1 Å². The van der Waals surface area contributed by atoms with Crippen LogP contribution in [0.1, 0.15) is 70.7 Å². The zero-order chi connectivity index (χ0) is 31.0. The zero-order valence-corrected chi connectivity index (χ0v) is 25.7. The third-order valence-electron chi connectivity index (χ3n) is 7.22. The number of aliphatic hydroxyl groups excluding tert-OH is 1. The Morgan fingerprint density at radius 1 is 1.14 bits per heavy atom. The van der Waals surface area contributed by atoms with Crippen LogP contribution in [0.15, 0.2) is 29.8 Å². The summed E-state index contributed by atoms with van der Waals surface area (Å²) < 4.78 is 5.36. The van der Waals surface area contributed by atoms with E-state index in [-0.39, 0.29) is 44.5 Å². The third-order valence-corrected chi connectivity index (χ3v) is 8.20. The van der Waals surface area contributed by atoms with Crippen LogP contribution in [0.4, 0.5) is 0 Å². The first-order valence-electron chi connectivity index (χ1n) is 14.2. The molecule has 1 aliphatic rings. The average molecular weight is 603 g/mol. The number of benzene rings is 1. The van der Waals surface area contributed by atoms with Crippen LogP contribution in [0.3, 0.4) is 0 Å². The minimum atomic E-state index is -0.957. The molecule has 0 aliphatic carbocycles. The number of carboxylic acids is 1. The molecule has 42 heavy (non-hydrogen) atoms. The summed E-state index contributed by atoms with van der Waals surface area (Å²) in [4.78, 5) is 57.1. The highest BCUT2D eigenvalue weighted by Gasteiger charge is 2.44. The zero-order valence-electron chi connectivity index (χ0n) is 24.9. The minimum Gasteiger partial charge on any atom is -0.481 e. The normalized spacial score (nSPS) is 18.4. The van der Waals surface area contributed by atoms with E-state index in [2.05, 4.69) is 15.6 Å². The molecule has 11 nitrogen and oxygen atoms in total. The number of thiazole rings is 1. The minimum absolute atomic E-state index is 0.0171. The van der Waals surface area contributed by atoms with Gasteiger partial charge in [-0.1, -0.05) is 45.0 Å². The van der Waals surface area contributed by atoms with Gasteiger partial charge in [-0.3, -0.25) is 19.2 Å². The molecule has 1 saturated heterocycles. The number of hydrogen-bond donors (Lipinski definition) is 4. The maximum atomic E-state index is 13.7. The Bertz CT molecular complexity index is 1240. The summed E-state index contributed by atoms with van der Waals surface area (Å²) in [5.74, 6) is -2.21. The van der Waals surface area contributed by atoms with Gasteiger partial charge in [-0.2, -0.15) is 0 Å². The molecule has 3 amide bonds. The van der Waals surface area contributed by atoms with E-state index >= 15 is 0 Å². The number of aryl methyl sites for hydroxylation is 1. The monoisotopic (exact) mass is 602 g/mol. The van der Waals surface area contributed by atoms with Gasteiger partial charge >= 0.3 is 5.97 Å². The van der Waals surface area contributed by atoms with Crippen molar-refractivity contribution in [2.45, 2.75) is 84.5 Å². The number of likely N-dealkylation sites (tertiary alicyclic amines) is 1. The van der Waals surface area contributed by atoms with Crippen molar-refractivity contribution in [3.8, 4) is 10.4 Å². The molecular formula is C30H42N4O7S. The van der Waals surface area contributed by atoms with E-state index in [1.807, 2.05) is 58.9 Å². The van der Waals surface area contributed by atoms with Crippen LogP contribution in [0.25, 0.3) is 10.4 Å². The van der Waals surface area contributed by atoms with Gasteiger partial charge in [0.2, 0.25) is 17.7 Å². The lowest BCUT2D eigenvalue weighted by atomic mass is 9.85. The Labute approximate surface area is 250 Å².